The van der Waals surface area contributed by atoms with Gasteiger partial charge in [0.15, 0.2) is 0 Å². The molecule has 6 nitrogen and oxygen atoms in total. The second-order valence-electron chi connectivity index (χ2n) is 5.04. The molecule has 1 amide bonds. The Kier molecular flexibility index (Phi) is 2.58. The topological polar surface area (TPSA) is 73.9 Å². The van der Waals surface area contributed by atoms with Gasteiger partial charge in [-0.05, 0) is 32.9 Å². The molecule has 2 aliphatic rings. The molecule has 1 aromatic rings. The average Bonchev–Trinajstić information content (AvgIpc) is 2.88. The van der Waals surface area contributed by atoms with E-state index in [4.69, 9.17) is 0 Å². The van der Waals surface area contributed by atoms with E-state index in [1.165, 1.54) is 0 Å². The highest BCUT2D eigenvalue weighted by Gasteiger charge is 2.29. The van der Waals surface area contributed by atoms with Crippen LogP contribution in [0.2, 0.25) is 0 Å². The molecule has 0 bridgehead atoms. The molecule has 1 atom stereocenters. The van der Waals surface area contributed by atoms with Crippen molar-refractivity contribution in [2.24, 2.45) is 0 Å². The number of carbonyl (C=O) groups excluding carboxylic acids is 1. The van der Waals surface area contributed by atoms with E-state index in [0.717, 1.165) is 38.2 Å². The molecule has 1 saturated carbocycles. The second-order valence-corrected chi connectivity index (χ2v) is 5.04. The van der Waals surface area contributed by atoms with Crippen molar-refractivity contribution in [2.75, 3.05) is 20.1 Å². The summed E-state index contributed by atoms with van der Waals surface area (Å²) in [5.41, 5.74) is 0. The first-order valence-corrected chi connectivity index (χ1v) is 6.14. The Bertz CT molecular complexity index is 425. The van der Waals surface area contributed by atoms with Crippen molar-refractivity contribution >= 4 is 5.91 Å². The number of hydrogen-bond donors (Lipinski definition) is 2. The minimum Gasteiger partial charge on any atom is -0.345 e. The molecule has 17 heavy (non-hydrogen) atoms. The number of nitrogens with zero attached hydrogens (tertiary/aromatic N) is 3. The summed E-state index contributed by atoms with van der Waals surface area (Å²) in [7, 11) is 2.06. The Labute approximate surface area is 99.8 Å². The van der Waals surface area contributed by atoms with Gasteiger partial charge in [-0.25, -0.2) is 4.98 Å². The number of likely N-dealkylation sites (tertiary alicyclic amines) is 1. The molecule has 0 radical (unpaired) electrons. The van der Waals surface area contributed by atoms with Crippen molar-refractivity contribution in [2.45, 2.75) is 31.2 Å². The summed E-state index contributed by atoms with van der Waals surface area (Å²) in [6, 6.07) is 0.232. The molecule has 92 valence electrons. The van der Waals surface area contributed by atoms with Crippen LogP contribution in [0.5, 0.6) is 0 Å². The average molecular weight is 235 g/mol. The van der Waals surface area contributed by atoms with Crippen molar-refractivity contribution < 1.29 is 4.79 Å². The smallest absolute Gasteiger partial charge is 0.291 e. The van der Waals surface area contributed by atoms with Crippen molar-refractivity contribution in [3.63, 3.8) is 0 Å². The Hall–Kier alpha value is -1.43. The lowest BCUT2D eigenvalue weighted by Crippen LogP contribution is -2.37. The van der Waals surface area contributed by atoms with E-state index in [0.29, 0.717) is 5.92 Å². The van der Waals surface area contributed by atoms with Crippen LogP contribution < -0.4 is 5.32 Å². The third-order valence-corrected chi connectivity index (χ3v) is 3.40. The van der Waals surface area contributed by atoms with Crippen molar-refractivity contribution in [1.29, 1.82) is 0 Å². The molecule has 2 N–H and O–H groups in total. The zero-order valence-electron chi connectivity index (χ0n) is 9.94. The van der Waals surface area contributed by atoms with Gasteiger partial charge in [-0.3, -0.25) is 9.89 Å². The van der Waals surface area contributed by atoms with Crippen molar-refractivity contribution in [3.05, 3.63) is 11.6 Å². The number of carbonyl (C=O) groups is 1. The first-order valence-electron chi connectivity index (χ1n) is 6.14. The molecule has 1 unspecified atom stereocenters. The van der Waals surface area contributed by atoms with Gasteiger partial charge in [-0.15, -0.1) is 5.10 Å². The van der Waals surface area contributed by atoms with Crippen molar-refractivity contribution in [3.8, 4) is 0 Å². The molecule has 1 saturated heterocycles. The summed E-state index contributed by atoms with van der Waals surface area (Å²) in [5.74, 6) is 1.48. The van der Waals surface area contributed by atoms with Crippen LogP contribution in [0, 0.1) is 0 Å². The normalized spacial score (nSPS) is 25.1. The number of nitrogens with one attached hydrogen (secondary N) is 2. The van der Waals surface area contributed by atoms with Gasteiger partial charge in [0.05, 0.1) is 0 Å². The van der Waals surface area contributed by atoms with Crippen LogP contribution in [0.3, 0.4) is 0 Å². The highest BCUT2D eigenvalue weighted by atomic mass is 16.2. The van der Waals surface area contributed by atoms with Crippen molar-refractivity contribution in [1.82, 2.24) is 25.4 Å². The lowest BCUT2D eigenvalue weighted by Gasteiger charge is -2.10. The van der Waals surface area contributed by atoms with Crippen LogP contribution in [0.4, 0.5) is 0 Å². The van der Waals surface area contributed by atoms with Crippen LogP contribution in [-0.4, -0.2) is 52.2 Å². The molecule has 1 aliphatic heterocycles. The van der Waals surface area contributed by atoms with Crippen LogP contribution >= 0.6 is 0 Å². The van der Waals surface area contributed by atoms with Gasteiger partial charge in [0, 0.05) is 18.5 Å². The summed E-state index contributed by atoms with van der Waals surface area (Å²) >= 11 is 0. The molecular weight excluding hydrogens is 218 g/mol. The predicted molar refractivity (Wildman–Crippen MR) is 61.7 cm³/mol. The first-order chi connectivity index (χ1) is 8.22. The second kappa shape index (κ2) is 4.10. The fraction of sp³-hybridized carbons (Fsp3) is 0.727. The van der Waals surface area contributed by atoms with Gasteiger partial charge in [0.25, 0.3) is 5.91 Å². The van der Waals surface area contributed by atoms with E-state index in [9.17, 15) is 4.79 Å². The number of rotatable bonds is 3. The number of aromatic amines is 1. The maximum Gasteiger partial charge on any atom is 0.291 e. The van der Waals surface area contributed by atoms with E-state index >= 15 is 0 Å². The highest BCUT2D eigenvalue weighted by Crippen LogP contribution is 2.37. The zero-order valence-corrected chi connectivity index (χ0v) is 9.94. The van der Waals surface area contributed by atoms with Crippen LogP contribution in [0.25, 0.3) is 0 Å². The third-order valence-electron chi connectivity index (χ3n) is 3.40. The molecule has 2 fully saturated rings. The quantitative estimate of drug-likeness (QED) is 0.780. The van der Waals surface area contributed by atoms with E-state index in [1.54, 1.807) is 0 Å². The fourth-order valence-electron chi connectivity index (χ4n) is 2.22. The summed E-state index contributed by atoms with van der Waals surface area (Å²) in [6.45, 7) is 1.94. The van der Waals surface area contributed by atoms with Gasteiger partial charge < -0.3 is 10.2 Å². The first kappa shape index (κ1) is 10.7. The molecule has 6 heteroatoms. The third kappa shape index (κ3) is 2.31. The minimum absolute atomic E-state index is 0.159. The maximum atomic E-state index is 11.9. The van der Waals surface area contributed by atoms with Crippen LogP contribution in [0.15, 0.2) is 0 Å². The maximum absolute atomic E-state index is 11.9. The Morgan fingerprint density at radius 3 is 2.94 bits per heavy atom. The number of likely N-dealkylation sites (N-methyl/N-ethyl adjacent to an activating group) is 1. The predicted octanol–water partition coefficient (Wildman–Crippen LogP) is 0.116. The molecular formula is C11H17N5O. The van der Waals surface area contributed by atoms with Crippen LogP contribution in [-0.2, 0) is 0 Å². The minimum atomic E-state index is -0.159. The summed E-state index contributed by atoms with van der Waals surface area (Å²) in [6.07, 6.45) is 3.31. The van der Waals surface area contributed by atoms with Gasteiger partial charge in [-0.2, -0.15) is 0 Å². The van der Waals surface area contributed by atoms with Gasteiger partial charge in [0.1, 0.15) is 5.82 Å². The van der Waals surface area contributed by atoms with E-state index in [2.05, 4.69) is 32.4 Å². The zero-order chi connectivity index (χ0) is 11.8. The van der Waals surface area contributed by atoms with E-state index in [1.807, 2.05) is 0 Å². The van der Waals surface area contributed by atoms with Gasteiger partial charge in [-0.1, -0.05) is 0 Å². The molecule has 1 aliphatic carbocycles. The molecule has 1 aromatic heterocycles. The Morgan fingerprint density at radius 1 is 1.47 bits per heavy atom. The molecule has 2 heterocycles. The lowest BCUT2D eigenvalue weighted by molar-refractivity contribution is 0.0928. The van der Waals surface area contributed by atoms with Gasteiger partial charge >= 0.3 is 0 Å². The standard InChI is InChI=1S/C11H17N5O/c1-16-5-4-8(6-16)12-11(17)10-13-9(14-15-10)7-2-3-7/h7-8H,2-6H2,1H3,(H,12,17)(H,13,14,15). The Balaban J connectivity index is 1.60. The van der Waals surface area contributed by atoms with Gasteiger partial charge in [0.2, 0.25) is 5.82 Å². The van der Waals surface area contributed by atoms with Crippen LogP contribution in [0.1, 0.15) is 41.6 Å². The summed E-state index contributed by atoms with van der Waals surface area (Å²) < 4.78 is 0. The largest absolute Gasteiger partial charge is 0.345 e. The molecule has 0 aromatic carbocycles. The highest BCUT2D eigenvalue weighted by molar-refractivity contribution is 5.90. The fourth-order valence-corrected chi connectivity index (χ4v) is 2.22. The van der Waals surface area contributed by atoms with E-state index < -0.39 is 0 Å². The number of H-pyrrole nitrogens is 1. The molecule has 0 spiro atoms. The monoisotopic (exact) mass is 235 g/mol. The molecule has 3 rings (SSSR count). The Morgan fingerprint density at radius 2 is 2.29 bits per heavy atom. The number of hydrogen-bond acceptors (Lipinski definition) is 4. The summed E-state index contributed by atoms with van der Waals surface area (Å²) in [4.78, 5) is 18.3. The number of aromatic nitrogens is 3. The summed E-state index contributed by atoms with van der Waals surface area (Å²) in [5, 5.41) is 9.80. The number of amides is 1. The lowest BCUT2D eigenvalue weighted by atomic mass is 10.2. The SMILES string of the molecule is CN1CCC(NC(=O)c2n[nH]c(C3CC3)n2)C1. The van der Waals surface area contributed by atoms with E-state index in [-0.39, 0.29) is 17.8 Å².